The van der Waals surface area contributed by atoms with Gasteiger partial charge in [0.15, 0.2) is 0 Å². The van der Waals surface area contributed by atoms with Crippen LogP contribution in [0.5, 0.6) is 5.75 Å². The molecule has 0 spiro atoms. The standard InChI is InChI=1S/C25H24N2O2/c28-25(23-16-22-12-4-5-13-24(22)29-19-23)27(18-21-10-6-14-26-17-21)15-7-11-20-8-2-1-3-9-20/h1-6,8-10,12-14,16-17H,7,11,15,18-19H2. The SMILES string of the molecule is O=C(C1=Cc2ccccc2OC1)N(CCCc1ccccc1)Cc1cccnc1. The van der Waals surface area contributed by atoms with Crippen LogP contribution in [0, 0.1) is 0 Å². The van der Waals surface area contributed by atoms with Gasteiger partial charge in [-0.05, 0) is 42.2 Å². The molecule has 3 aromatic rings. The maximum absolute atomic E-state index is 13.3. The maximum atomic E-state index is 13.3. The van der Waals surface area contributed by atoms with E-state index in [1.54, 1.807) is 6.20 Å². The van der Waals surface area contributed by atoms with Gasteiger partial charge < -0.3 is 9.64 Å². The Balaban J connectivity index is 1.49. The zero-order valence-electron chi connectivity index (χ0n) is 16.3. The summed E-state index contributed by atoms with van der Waals surface area (Å²) < 4.78 is 5.80. The molecule has 1 amide bonds. The lowest BCUT2D eigenvalue weighted by molar-refractivity contribution is -0.128. The van der Waals surface area contributed by atoms with E-state index in [-0.39, 0.29) is 5.91 Å². The number of nitrogens with zero attached hydrogens (tertiary/aromatic N) is 2. The van der Waals surface area contributed by atoms with Crippen LogP contribution in [0.4, 0.5) is 0 Å². The van der Waals surface area contributed by atoms with Crippen molar-refractivity contribution >= 4 is 12.0 Å². The smallest absolute Gasteiger partial charge is 0.253 e. The number of carbonyl (C=O) groups is 1. The van der Waals surface area contributed by atoms with Crippen molar-refractivity contribution in [2.45, 2.75) is 19.4 Å². The lowest BCUT2D eigenvalue weighted by Gasteiger charge is -2.26. The molecule has 4 heteroatoms. The first-order valence-electron chi connectivity index (χ1n) is 9.94. The van der Waals surface area contributed by atoms with Crippen LogP contribution in [0.2, 0.25) is 0 Å². The Morgan fingerprint density at radius 2 is 1.76 bits per heavy atom. The van der Waals surface area contributed by atoms with Crippen LogP contribution < -0.4 is 4.74 Å². The normalized spacial score (nSPS) is 12.5. The van der Waals surface area contributed by atoms with Gasteiger partial charge in [-0.25, -0.2) is 0 Å². The van der Waals surface area contributed by atoms with Gasteiger partial charge in [0.25, 0.3) is 5.91 Å². The van der Waals surface area contributed by atoms with Gasteiger partial charge in [0.1, 0.15) is 12.4 Å². The van der Waals surface area contributed by atoms with Gasteiger partial charge in [-0.1, -0.05) is 54.6 Å². The maximum Gasteiger partial charge on any atom is 0.253 e. The van der Waals surface area contributed by atoms with Gasteiger partial charge in [-0.3, -0.25) is 9.78 Å². The quantitative estimate of drug-likeness (QED) is 0.601. The molecule has 146 valence electrons. The molecule has 2 aromatic carbocycles. The van der Waals surface area contributed by atoms with Crippen LogP contribution >= 0.6 is 0 Å². The lowest BCUT2D eigenvalue weighted by atomic mass is 10.1. The summed E-state index contributed by atoms with van der Waals surface area (Å²) in [4.78, 5) is 19.4. The summed E-state index contributed by atoms with van der Waals surface area (Å²) >= 11 is 0. The third-order valence-electron chi connectivity index (χ3n) is 5.03. The Morgan fingerprint density at radius 3 is 2.59 bits per heavy atom. The van der Waals surface area contributed by atoms with E-state index in [9.17, 15) is 4.79 Å². The van der Waals surface area contributed by atoms with Crippen molar-refractivity contribution in [2.24, 2.45) is 0 Å². The Labute approximate surface area is 171 Å². The molecule has 2 heterocycles. The number of aromatic nitrogens is 1. The monoisotopic (exact) mass is 384 g/mol. The number of para-hydroxylation sites is 1. The van der Waals surface area contributed by atoms with Gasteiger partial charge >= 0.3 is 0 Å². The van der Waals surface area contributed by atoms with Gasteiger partial charge in [0.2, 0.25) is 0 Å². The van der Waals surface area contributed by atoms with Crippen LogP contribution in [-0.4, -0.2) is 28.9 Å². The van der Waals surface area contributed by atoms with E-state index in [2.05, 4.69) is 29.2 Å². The molecular formula is C25H24N2O2. The Hall–Kier alpha value is -3.40. The number of hydrogen-bond acceptors (Lipinski definition) is 3. The first-order valence-corrected chi connectivity index (χ1v) is 9.94. The number of pyridine rings is 1. The van der Waals surface area contributed by atoms with Crippen LogP contribution in [0.15, 0.2) is 84.7 Å². The predicted molar refractivity (Wildman–Crippen MR) is 114 cm³/mol. The minimum atomic E-state index is 0.0245. The number of hydrogen-bond donors (Lipinski definition) is 0. The summed E-state index contributed by atoms with van der Waals surface area (Å²) in [5.74, 6) is 0.850. The fourth-order valence-electron chi connectivity index (χ4n) is 3.53. The number of aryl methyl sites for hydroxylation is 1. The molecule has 0 saturated carbocycles. The topological polar surface area (TPSA) is 42.4 Å². The van der Waals surface area contributed by atoms with Crippen LogP contribution in [-0.2, 0) is 17.8 Å². The number of carbonyl (C=O) groups excluding carboxylic acids is 1. The van der Waals surface area contributed by atoms with Crippen LogP contribution in [0.3, 0.4) is 0 Å². The molecule has 0 N–H and O–H groups in total. The summed E-state index contributed by atoms with van der Waals surface area (Å²) in [5.41, 5.74) is 3.95. The predicted octanol–water partition coefficient (Wildman–Crippen LogP) is 4.52. The first-order chi connectivity index (χ1) is 14.3. The zero-order chi connectivity index (χ0) is 19.9. The van der Waals surface area contributed by atoms with Gasteiger partial charge in [0.05, 0.1) is 5.57 Å². The second-order valence-electron chi connectivity index (χ2n) is 7.17. The summed E-state index contributed by atoms with van der Waals surface area (Å²) in [6, 6.07) is 22.1. The van der Waals surface area contributed by atoms with Crippen molar-refractivity contribution in [2.75, 3.05) is 13.2 Å². The summed E-state index contributed by atoms with van der Waals surface area (Å²) in [6.07, 6.45) is 7.36. The lowest BCUT2D eigenvalue weighted by Crippen LogP contribution is -2.35. The Bertz CT molecular complexity index is 984. The van der Waals surface area contributed by atoms with Crippen LogP contribution in [0.1, 0.15) is 23.1 Å². The number of ether oxygens (including phenoxy) is 1. The van der Waals surface area contributed by atoms with Gasteiger partial charge in [-0.15, -0.1) is 0 Å². The molecule has 0 aliphatic carbocycles. The van der Waals surface area contributed by atoms with Crippen molar-refractivity contribution < 1.29 is 9.53 Å². The molecule has 4 nitrogen and oxygen atoms in total. The summed E-state index contributed by atoms with van der Waals surface area (Å²) in [5, 5.41) is 0. The van der Waals surface area contributed by atoms with Crippen molar-refractivity contribution in [1.82, 2.24) is 9.88 Å². The third kappa shape index (κ3) is 4.91. The van der Waals surface area contributed by atoms with E-state index in [1.807, 2.05) is 59.6 Å². The molecule has 0 fully saturated rings. The Kier molecular flexibility index (Phi) is 6.01. The zero-order valence-corrected chi connectivity index (χ0v) is 16.3. The molecular weight excluding hydrogens is 360 g/mol. The summed E-state index contributed by atoms with van der Waals surface area (Å²) in [7, 11) is 0. The average molecular weight is 384 g/mol. The van der Waals surface area contributed by atoms with E-state index in [0.717, 1.165) is 29.7 Å². The highest BCUT2D eigenvalue weighted by Crippen LogP contribution is 2.26. The number of benzene rings is 2. The molecule has 0 radical (unpaired) electrons. The molecule has 1 aliphatic rings. The fraction of sp³-hybridized carbons (Fsp3) is 0.200. The first kappa shape index (κ1) is 18.9. The highest BCUT2D eigenvalue weighted by Gasteiger charge is 2.22. The van der Waals surface area contributed by atoms with Gasteiger partial charge in [-0.2, -0.15) is 0 Å². The van der Waals surface area contributed by atoms with E-state index in [0.29, 0.717) is 25.3 Å². The molecule has 0 bridgehead atoms. The highest BCUT2D eigenvalue weighted by atomic mass is 16.5. The second-order valence-corrected chi connectivity index (χ2v) is 7.17. The van der Waals surface area contributed by atoms with Crippen molar-refractivity contribution in [1.29, 1.82) is 0 Å². The van der Waals surface area contributed by atoms with E-state index < -0.39 is 0 Å². The number of fused-ring (bicyclic) bond motifs is 1. The number of amides is 1. The van der Waals surface area contributed by atoms with E-state index in [4.69, 9.17) is 4.74 Å². The van der Waals surface area contributed by atoms with Crippen LogP contribution in [0.25, 0.3) is 6.08 Å². The third-order valence-corrected chi connectivity index (χ3v) is 5.03. The minimum Gasteiger partial charge on any atom is -0.488 e. The number of rotatable bonds is 7. The van der Waals surface area contributed by atoms with E-state index >= 15 is 0 Å². The fourth-order valence-corrected chi connectivity index (χ4v) is 3.53. The molecule has 0 saturated heterocycles. The molecule has 1 aliphatic heterocycles. The molecule has 0 unspecified atom stereocenters. The molecule has 0 atom stereocenters. The van der Waals surface area contributed by atoms with Crippen molar-refractivity contribution in [3.63, 3.8) is 0 Å². The van der Waals surface area contributed by atoms with E-state index in [1.165, 1.54) is 5.56 Å². The molecule has 29 heavy (non-hydrogen) atoms. The summed E-state index contributed by atoms with van der Waals surface area (Å²) in [6.45, 7) is 1.53. The minimum absolute atomic E-state index is 0.0245. The van der Waals surface area contributed by atoms with Crippen molar-refractivity contribution in [3.05, 3.63) is 101 Å². The highest BCUT2D eigenvalue weighted by molar-refractivity contribution is 5.99. The average Bonchev–Trinajstić information content (AvgIpc) is 2.79. The molecule has 4 rings (SSSR count). The molecule has 1 aromatic heterocycles. The van der Waals surface area contributed by atoms with Gasteiger partial charge in [0, 0.05) is 31.0 Å². The van der Waals surface area contributed by atoms with Crippen molar-refractivity contribution in [3.8, 4) is 5.75 Å². The second kappa shape index (κ2) is 9.20. The largest absolute Gasteiger partial charge is 0.488 e. The Morgan fingerprint density at radius 1 is 0.966 bits per heavy atom.